The maximum atomic E-state index is 12.4. The summed E-state index contributed by atoms with van der Waals surface area (Å²) in [6.45, 7) is 2.08. The first-order valence-electron chi connectivity index (χ1n) is 9.00. The zero-order valence-corrected chi connectivity index (χ0v) is 18.8. The van der Waals surface area contributed by atoms with Gasteiger partial charge in [0.05, 0.1) is 19.9 Å². The second-order valence-electron chi connectivity index (χ2n) is 6.08. The lowest BCUT2D eigenvalue weighted by Crippen LogP contribution is -2.07. The Morgan fingerprint density at radius 2 is 1.93 bits per heavy atom. The Morgan fingerprint density at radius 1 is 1.17 bits per heavy atom. The summed E-state index contributed by atoms with van der Waals surface area (Å²) in [5.74, 6) is 1.08. The number of aromatic nitrogens is 1. The lowest BCUT2D eigenvalue weighted by Gasteiger charge is -2.07. The molecule has 0 aliphatic carbocycles. The minimum Gasteiger partial charge on any atom is -0.497 e. The predicted molar refractivity (Wildman–Crippen MR) is 122 cm³/mol. The number of halogens is 1. The van der Waals surface area contributed by atoms with Gasteiger partial charge >= 0.3 is 0 Å². The molecule has 0 saturated heterocycles. The molecule has 29 heavy (non-hydrogen) atoms. The van der Waals surface area contributed by atoms with E-state index in [9.17, 15) is 4.79 Å². The summed E-state index contributed by atoms with van der Waals surface area (Å²) < 4.78 is 11.6. The van der Waals surface area contributed by atoms with E-state index in [-0.39, 0.29) is 5.91 Å². The van der Waals surface area contributed by atoms with Crippen LogP contribution in [0.5, 0.6) is 11.5 Å². The SMILES string of the molecule is CCc1sc(NC(=O)/C=C/c2ccc(OC)cc2OC)nc1-c1ccc(Br)cc1. The number of thiazole rings is 1. The third-order valence-corrected chi connectivity index (χ3v) is 5.86. The van der Waals surface area contributed by atoms with Crippen molar-refractivity contribution >= 4 is 44.4 Å². The second-order valence-corrected chi connectivity index (χ2v) is 8.08. The number of benzene rings is 2. The number of hydrogen-bond acceptors (Lipinski definition) is 5. The zero-order valence-electron chi connectivity index (χ0n) is 16.4. The molecule has 1 N–H and O–H groups in total. The maximum Gasteiger partial charge on any atom is 0.250 e. The molecule has 1 amide bonds. The summed E-state index contributed by atoms with van der Waals surface area (Å²) >= 11 is 4.94. The van der Waals surface area contributed by atoms with Gasteiger partial charge in [-0.2, -0.15) is 0 Å². The third kappa shape index (κ3) is 5.25. The first-order valence-corrected chi connectivity index (χ1v) is 10.6. The number of ether oxygens (including phenoxy) is 2. The fourth-order valence-corrected chi connectivity index (χ4v) is 3.94. The molecule has 0 aliphatic heterocycles. The van der Waals surface area contributed by atoms with Crippen molar-refractivity contribution in [2.24, 2.45) is 0 Å². The number of carbonyl (C=O) groups excluding carboxylic acids is 1. The molecule has 0 aliphatic rings. The summed E-state index contributed by atoms with van der Waals surface area (Å²) in [4.78, 5) is 18.2. The van der Waals surface area contributed by atoms with Crippen LogP contribution in [0.3, 0.4) is 0 Å². The van der Waals surface area contributed by atoms with Gasteiger partial charge in [-0.3, -0.25) is 10.1 Å². The van der Waals surface area contributed by atoms with E-state index in [4.69, 9.17) is 9.47 Å². The number of carbonyl (C=O) groups is 1. The summed E-state index contributed by atoms with van der Waals surface area (Å²) in [6.07, 6.45) is 4.02. The van der Waals surface area contributed by atoms with E-state index in [0.29, 0.717) is 16.6 Å². The number of anilines is 1. The summed E-state index contributed by atoms with van der Waals surface area (Å²) in [6, 6.07) is 13.4. The normalized spacial score (nSPS) is 10.9. The van der Waals surface area contributed by atoms with Gasteiger partial charge in [-0.25, -0.2) is 4.98 Å². The third-order valence-electron chi connectivity index (χ3n) is 4.22. The van der Waals surface area contributed by atoms with Crippen molar-refractivity contribution < 1.29 is 14.3 Å². The number of hydrogen-bond donors (Lipinski definition) is 1. The van der Waals surface area contributed by atoms with Crippen LogP contribution in [0.15, 0.2) is 53.0 Å². The van der Waals surface area contributed by atoms with Crippen LogP contribution < -0.4 is 14.8 Å². The lowest BCUT2D eigenvalue weighted by atomic mass is 10.1. The summed E-state index contributed by atoms with van der Waals surface area (Å²) in [5.41, 5.74) is 2.72. The van der Waals surface area contributed by atoms with Crippen LogP contribution in [0.4, 0.5) is 5.13 Å². The van der Waals surface area contributed by atoms with Crippen LogP contribution in [0, 0.1) is 0 Å². The minimum atomic E-state index is -0.248. The molecule has 0 radical (unpaired) electrons. The van der Waals surface area contributed by atoms with Crippen molar-refractivity contribution in [2.75, 3.05) is 19.5 Å². The van der Waals surface area contributed by atoms with Gasteiger partial charge in [-0.1, -0.05) is 35.0 Å². The molecule has 3 rings (SSSR count). The number of aryl methyl sites for hydroxylation is 1. The van der Waals surface area contributed by atoms with E-state index in [2.05, 4.69) is 33.2 Å². The zero-order chi connectivity index (χ0) is 20.8. The molecule has 1 heterocycles. The topological polar surface area (TPSA) is 60.5 Å². The van der Waals surface area contributed by atoms with Gasteiger partial charge in [0, 0.05) is 32.6 Å². The Balaban J connectivity index is 1.76. The Kier molecular flexibility index (Phi) is 7.06. The Labute approximate surface area is 182 Å². The van der Waals surface area contributed by atoms with Crippen molar-refractivity contribution in [1.82, 2.24) is 4.98 Å². The number of rotatable bonds is 7. The minimum absolute atomic E-state index is 0.248. The summed E-state index contributed by atoms with van der Waals surface area (Å²) in [7, 11) is 3.18. The fraction of sp³-hybridized carbons (Fsp3) is 0.182. The maximum absolute atomic E-state index is 12.4. The smallest absolute Gasteiger partial charge is 0.250 e. The lowest BCUT2D eigenvalue weighted by molar-refractivity contribution is -0.111. The molecule has 0 atom stereocenters. The predicted octanol–water partition coefficient (Wildman–Crippen LogP) is 5.80. The summed E-state index contributed by atoms with van der Waals surface area (Å²) in [5, 5.41) is 3.44. The van der Waals surface area contributed by atoms with Crippen LogP contribution in [-0.2, 0) is 11.2 Å². The molecule has 0 fully saturated rings. The van der Waals surface area contributed by atoms with E-state index in [0.717, 1.165) is 32.6 Å². The van der Waals surface area contributed by atoms with Crippen LogP contribution in [0.1, 0.15) is 17.4 Å². The van der Waals surface area contributed by atoms with Gasteiger partial charge in [-0.15, -0.1) is 11.3 Å². The van der Waals surface area contributed by atoms with Crippen molar-refractivity contribution in [3.63, 3.8) is 0 Å². The molecular formula is C22H21BrN2O3S. The van der Waals surface area contributed by atoms with Gasteiger partial charge in [0.15, 0.2) is 5.13 Å². The van der Waals surface area contributed by atoms with E-state index >= 15 is 0 Å². The second kappa shape index (κ2) is 9.71. The quantitative estimate of drug-likeness (QED) is 0.441. The van der Waals surface area contributed by atoms with Gasteiger partial charge in [0.2, 0.25) is 5.91 Å². The van der Waals surface area contributed by atoms with Crippen molar-refractivity contribution in [2.45, 2.75) is 13.3 Å². The van der Waals surface area contributed by atoms with Gasteiger partial charge in [0.1, 0.15) is 11.5 Å². The molecule has 1 aromatic heterocycles. The molecular weight excluding hydrogens is 452 g/mol. The first kappa shape index (κ1) is 21.1. The van der Waals surface area contributed by atoms with Crippen LogP contribution >= 0.6 is 27.3 Å². The van der Waals surface area contributed by atoms with E-state index in [1.54, 1.807) is 26.4 Å². The fourth-order valence-electron chi connectivity index (χ4n) is 2.75. The largest absolute Gasteiger partial charge is 0.497 e. The highest BCUT2D eigenvalue weighted by Gasteiger charge is 2.13. The average molecular weight is 473 g/mol. The standard InChI is InChI=1S/C22H21BrN2O3S/c1-4-19-21(15-5-9-16(23)10-6-15)25-22(29-19)24-20(26)12-8-14-7-11-17(27-2)13-18(14)28-3/h5-13H,4H2,1-3H3,(H,24,25,26)/b12-8+. The van der Waals surface area contributed by atoms with Gasteiger partial charge in [0.25, 0.3) is 0 Å². The molecule has 0 spiro atoms. The number of nitrogens with zero attached hydrogens (tertiary/aromatic N) is 1. The highest BCUT2D eigenvalue weighted by atomic mass is 79.9. The average Bonchev–Trinajstić information content (AvgIpc) is 3.15. The number of methoxy groups -OCH3 is 2. The molecule has 0 bridgehead atoms. The highest BCUT2D eigenvalue weighted by molar-refractivity contribution is 9.10. The van der Waals surface area contributed by atoms with Crippen LogP contribution in [0.2, 0.25) is 0 Å². The monoisotopic (exact) mass is 472 g/mol. The van der Waals surface area contributed by atoms with Gasteiger partial charge in [-0.05, 0) is 36.8 Å². The molecule has 3 aromatic rings. The van der Waals surface area contributed by atoms with Crippen LogP contribution in [-0.4, -0.2) is 25.1 Å². The Bertz CT molecular complexity index is 1030. The highest BCUT2D eigenvalue weighted by Crippen LogP contribution is 2.32. The first-order chi connectivity index (χ1) is 14.0. The molecule has 0 saturated carbocycles. The Hall–Kier alpha value is -2.64. The van der Waals surface area contributed by atoms with E-state index in [1.165, 1.54) is 17.4 Å². The molecule has 5 nitrogen and oxygen atoms in total. The number of nitrogens with one attached hydrogen (secondary N) is 1. The van der Waals surface area contributed by atoms with E-state index in [1.807, 2.05) is 36.4 Å². The van der Waals surface area contributed by atoms with Crippen molar-refractivity contribution in [3.8, 4) is 22.8 Å². The molecule has 7 heteroatoms. The van der Waals surface area contributed by atoms with E-state index < -0.39 is 0 Å². The molecule has 0 unspecified atom stereocenters. The van der Waals surface area contributed by atoms with Crippen LogP contribution in [0.25, 0.3) is 17.3 Å². The van der Waals surface area contributed by atoms with Crippen molar-refractivity contribution in [3.05, 3.63) is 63.5 Å². The van der Waals surface area contributed by atoms with Crippen molar-refractivity contribution in [1.29, 1.82) is 0 Å². The Morgan fingerprint density at radius 3 is 2.59 bits per heavy atom. The van der Waals surface area contributed by atoms with Gasteiger partial charge < -0.3 is 9.47 Å². The number of amides is 1. The molecule has 2 aromatic carbocycles. The molecule has 150 valence electrons.